The van der Waals surface area contributed by atoms with Crippen molar-refractivity contribution in [2.75, 3.05) is 6.26 Å². The Kier molecular flexibility index (Phi) is 6.65. The third-order valence-corrected chi connectivity index (χ3v) is 4.75. The molecule has 0 spiro atoms. The minimum atomic E-state index is -4.89. The first-order valence-corrected chi connectivity index (χ1v) is 11.1. The Labute approximate surface area is 186 Å². The Morgan fingerprint density at radius 3 is 2.28 bits per heavy atom. The van der Waals surface area contributed by atoms with Crippen LogP contribution >= 0.6 is 11.6 Å². The van der Waals surface area contributed by atoms with Gasteiger partial charge in [0.05, 0.1) is 6.26 Å². The van der Waals surface area contributed by atoms with Crippen LogP contribution in [0.1, 0.15) is 10.4 Å². The Morgan fingerprint density at radius 1 is 0.969 bits per heavy atom. The van der Waals surface area contributed by atoms with Crippen molar-refractivity contribution in [1.29, 1.82) is 0 Å². The molecule has 168 valence electrons. The quantitative estimate of drug-likeness (QED) is 0.506. The van der Waals surface area contributed by atoms with E-state index in [4.69, 9.17) is 16.3 Å². The molecule has 0 radical (unpaired) electrons. The summed E-state index contributed by atoms with van der Waals surface area (Å²) >= 11 is 5.87. The van der Waals surface area contributed by atoms with E-state index in [1.54, 1.807) is 24.3 Å². The summed E-state index contributed by atoms with van der Waals surface area (Å²) in [7, 11) is -3.83. The molecule has 0 unspecified atom stereocenters. The highest BCUT2D eigenvalue weighted by Gasteiger charge is 2.31. The first kappa shape index (κ1) is 23.4. The lowest BCUT2D eigenvalue weighted by Crippen LogP contribution is -2.29. The van der Waals surface area contributed by atoms with Crippen LogP contribution in [-0.2, 0) is 10.0 Å². The monoisotopic (exact) mass is 485 g/mol. The van der Waals surface area contributed by atoms with Gasteiger partial charge in [-0.3, -0.25) is 4.79 Å². The van der Waals surface area contributed by atoms with Crippen LogP contribution in [0.3, 0.4) is 0 Å². The standard InChI is InChI=1S/C21H15ClF3NO5S/c1-32(28,29)26-20(27)14-5-10-19(30-16-8-6-15(22)7-9-16)18(12-14)13-3-2-4-17(11-13)31-21(23,24)25/h2-12H,1H3,(H,26,27). The lowest BCUT2D eigenvalue weighted by molar-refractivity contribution is -0.274. The van der Waals surface area contributed by atoms with Gasteiger partial charge in [0.25, 0.3) is 5.91 Å². The zero-order chi connectivity index (χ0) is 23.5. The smallest absolute Gasteiger partial charge is 0.457 e. The second kappa shape index (κ2) is 9.09. The van der Waals surface area contributed by atoms with Gasteiger partial charge in [0.2, 0.25) is 10.0 Å². The molecule has 0 bridgehead atoms. The highest BCUT2D eigenvalue weighted by Crippen LogP contribution is 2.37. The highest BCUT2D eigenvalue weighted by molar-refractivity contribution is 7.89. The average Bonchev–Trinajstić information content (AvgIpc) is 2.67. The van der Waals surface area contributed by atoms with Crippen LogP contribution in [0, 0.1) is 0 Å². The molecule has 0 heterocycles. The first-order chi connectivity index (χ1) is 14.9. The summed E-state index contributed by atoms with van der Waals surface area (Å²) in [4.78, 5) is 12.3. The van der Waals surface area contributed by atoms with Crippen LogP contribution in [0.2, 0.25) is 5.02 Å². The molecule has 6 nitrogen and oxygen atoms in total. The summed E-state index contributed by atoms with van der Waals surface area (Å²) in [6, 6.07) is 15.4. The number of carbonyl (C=O) groups excluding carboxylic acids is 1. The van der Waals surface area contributed by atoms with Gasteiger partial charge in [0, 0.05) is 16.1 Å². The number of alkyl halides is 3. The van der Waals surface area contributed by atoms with Crippen molar-refractivity contribution in [3.8, 4) is 28.4 Å². The van der Waals surface area contributed by atoms with Gasteiger partial charge >= 0.3 is 6.36 Å². The fourth-order valence-electron chi connectivity index (χ4n) is 2.70. The molecular weight excluding hydrogens is 471 g/mol. The fourth-order valence-corrected chi connectivity index (χ4v) is 3.28. The maximum absolute atomic E-state index is 12.6. The number of amides is 1. The molecule has 0 aliphatic heterocycles. The molecule has 0 aromatic heterocycles. The normalized spacial score (nSPS) is 11.7. The zero-order valence-corrected chi connectivity index (χ0v) is 17.9. The number of carbonyl (C=O) groups is 1. The van der Waals surface area contributed by atoms with Gasteiger partial charge in [-0.25, -0.2) is 13.1 Å². The Balaban J connectivity index is 2.07. The fraction of sp³-hybridized carbons (Fsp3) is 0.0952. The van der Waals surface area contributed by atoms with E-state index in [1.165, 1.54) is 30.3 Å². The number of sulfonamides is 1. The van der Waals surface area contributed by atoms with Crippen molar-refractivity contribution in [2.24, 2.45) is 0 Å². The van der Waals surface area contributed by atoms with Gasteiger partial charge in [0.15, 0.2) is 0 Å². The molecule has 1 amide bonds. The van der Waals surface area contributed by atoms with Gasteiger partial charge < -0.3 is 9.47 Å². The van der Waals surface area contributed by atoms with Crippen LogP contribution in [0.15, 0.2) is 66.7 Å². The van der Waals surface area contributed by atoms with Gasteiger partial charge in [-0.05, 0) is 60.2 Å². The number of ether oxygens (including phenoxy) is 2. The summed E-state index contributed by atoms with van der Waals surface area (Å²) in [5.74, 6) is -0.799. The van der Waals surface area contributed by atoms with Gasteiger partial charge in [0.1, 0.15) is 17.2 Å². The van der Waals surface area contributed by atoms with Crippen LogP contribution in [0.4, 0.5) is 13.2 Å². The topological polar surface area (TPSA) is 81.7 Å². The van der Waals surface area contributed by atoms with E-state index >= 15 is 0 Å². The zero-order valence-electron chi connectivity index (χ0n) is 16.3. The second-order valence-electron chi connectivity index (χ2n) is 6.55. The summed E-state index contributed by atoms with van der Waals surface area (Å²) in [5, 5.41) is 0.474. The lowest BCUT2D eigenvalue weighted by Gasteiger charge is -2.15. The summed E-state index contributed by atoms with van der Waals surface area (Å²) in [6.07, 6.45) is -4.07. The minimum absolute atomic E-state index is 0.0453. The Bertz CT molecular complexity index is 1250. The Morgan fingerprint density at radius 2 is 1.66 bits per heavy atom. The molecule has 0 aliphatic carbocycles. The predicted octanol–water partition coefficient (Wildman–Crippen LogP) is 5.39. The summed E-state index contributed by atoms with van der Waals surface area (Å²) in [6.45, 7) is 0. The molecule has 0 saturated heterocycles. The molecule has 0 fully saturated rings. The van der Waals surface area contributed by atoms with E-state index in [0.29, 0.717) is 10.8 Å². The average molecular weight is 486 g/mol. The van der Waals surface area contributed by atoms with Crippen LogP contribution in [0.5, 0.6) is 17.2 Å². The molecule has 1 N–H and O–H groups in total. The SMILES string of the molecule is CS(=O)(=O)NC(=O)c1ccc(Oc2ccc(Cl)cc2)c(-c2cccc(OC(F)(F)F)c2)c1. The second-order valence-corrected chi connectivity index (χ2v) is 8.73. The summed E-state index contributed by atoms with van der Waals surface area (Å²) < 4.78 is 72.3. The third-order valence-electron chi connectivity index (χ3n) is 3.94. The lowest BCUT2D eigenvalue weighted by atomic mass is 10.0. The van der Waals surface area contributed by atoms with E-state index < -0.39 is 28.0 Å². The Hall–Kier alpha value is -3.24. The highest BCUT2D eigenvalue weighted by atomic mass is 35.5. The minimum Gasteiger partial charge on any atom is -0.457 e. The maximum Gasteiger partial charge on any atom is 0.573 e. The van der Waals surface area contributed by atoms with E-state index in [9.17, 15) is 26.4 Å². The molecule has 32 heavy (non-hydrogen) atoms. The molecule has 3 aromatic rings. The van der Waals surface area contributed by atoms with Crippen LogP contribution < -0.4 is 14.2 Å². The largest absolute Gasteiger partial charge is 0.573 e. The van der Waals surface area contributed by atoms with Crippen molar-refractivity contribution in [3.05, 3.63) is 77.3 Å². The third kappa shape index (κ3) is 6.63. The molecule has 0 aliphatic rings. The number of benzene rings is 3. The molecular formula is C21H15ClF3NO5S. The van der Waals surface area contributed by atoms with E-state index in [1.807, 2.05) is 4.72 Å². The molecule has 0 atom stereocenters. The number of hydrogen-bond acceptors (Lipinski definition) is 5. The van der Waals surface area contributed by atoms with E-state index in [0.717, 1.165) is 18.4 Å². The van der Waals surface area contributed by atoms with Crippen molar-refractivity contribution in [1.82, 2.24) is 4.72 Å². The summed E-state index contributed by atoms with van der Waals surface area (Å²) in [5.41, 5.74) is 0.425. The molecule has 11 heteroatoms. The van der Waals surface area contributed by atoms with Crippen LogP contribution in [-0.4, -0.2) is 26.9 Å². The molecule has 3 aromatic carbocycles. The van der Waals surface area contributed by atoms with Gasteiger partial charge in [-0.15, -0.1) is 13.2 Å². The maximum atomic E-state index is 12.6. The van der Waals surface area contributed by atoms with Crippen molar-refractivity contribution in [3.63, 3.8) is 0 Å². The van der Waals surface area contributed by atoms with E-state index in [-0.39, 0.29) is 22.4 Å². The van der Waals surface area contributed by atoms with Crippen LogP contribution in [0.25, 0.3) is 11.1 Å². The van der Waals surface area contributed by atoms with Crippen molar-refractivity contribution in [2.45, 2.75) is 6.36 Å². The number of rotatable bonds is 6. The van der Waals surface area contributed by atoms with Gasteiger partial charge in [-0.1, -0.05) is 23.7 Å². The number of nitrogens with one attached hydrogen (secondary N) is 1. The number of halogens is 4. The molecule has 0 saturated carbocycles. The van der Waals surface area contributed by atoms with Crippen molar-refractivity contribution < 1.29 is 35.9 Å². The first-order valence-electron chi connectivity index (χ1n) is 8.85. The van der Waals surface area contributed by atoms with E-state index in [2.05, 4.69) is 4.74 Å². The predicted molar refractivity (Wildman–Crippen MR) is 112 cm³/mol. The number of hydrogen-bond donors (Lipinski definition) is 1. The van der Waals surface area contributed by atoms with Gasteiger partial charge in [-0.2, -0.15) is 0 Å². The molecule has 3 rings (SSSR count). The van der Waals surface area contributed by atoms with Crippen molar-refractivity contribution >= 4 is 27.5 Å².